The molecule has 3 rings (SSSR count). The van der Waals surface area contributed by atoms with Crippen LogP contribution in [0.5, 0.6) is 0 Å². The van der Waals surface area contributed by atoms with Gasteiger partial charge in [0.1, 0.15) is 0 Å². The van der Waals surface area contributed by atoms with E-state index >= 15 is 0 Å². The zero-order valence-electron chi connectivity index (χ0n) is 10.9. The van der Waals surface area contributed by atoms with Crippen LogP contribution in [0.15, 0.2) is 46.7 Å². The van der Waals surface area contributed by atoms with Crippen molar-refractivity contribution in [2.24, 2.45) is 21.8 Å². The van der Waals surface area contributed by atoms with Crippen molar-refractivity contribution in [3.63, 3.8) is 0 Å². The molecule has 0 fully saturated rings. The van der Waals surface area contributed by atoms with Gasteiger partial charge in [-0.25, -0.2) is 0 Å². The van der Waals surface area contributed by atoms with E-state index in [0.717, 1.165) is 21.8 Å². The Bertz CT molecular complexity index is 823. The minimum atomic E-state index is 0.0406. The largest absolute Gasteiger partial charge is 0.409 e. The molecule has 7 N–H and O–H groups in total. The van der Waals surface area contributed by atoms with Crippen LogP contribution in [0.1, 0.15) is 11.1 Å². The number of amidine groups is 2. The average molecular weight is 283 g/mol. The Morgan fingerprint density at radius 1 is 0.810 bits per heavy atom. The number of nitrogens with two attached hydrogens (primary N) is 2. The van der Waals surface area contributed by atoms with Crippen LogP contribution in [0, 0.1) is 0 Å². The molecule has 0 radical (unpaired) electrons. The summed E-state index contributed by atoms with van der Waals surface area (Å²) in [6.45, 7) is 0. The molecule has 0 saturated heterocycles. The Morgan fingerprint density at radius 3 is 1.62 bits per heavy atom. The monoisotopic (exact) mass is 283 g/mol. The highest BCUT2D eigenvalue weighted by Gasteiger charge is 2.09. The first kappa shape index (κ1) is 12.8. The summed E-state index contributed by atoms with van der Waals surface area (Å²) in [7, 11) is 0. The number of H-pyrrole nitrogens is 1. The molecular formula is C14H13N5O2. The van der Waals surface area contributed by atoms with Gasteiger partial charge in [0, 0.05) is 32.9 Å². The van der Waals surface area contributed by atoms with E-state index in [2.05, 4.69) is 15.3 Å². The van der Waals surface area contributed by atoms with E-state index in [0.29, 0.717) is 11.1 Å². The standard InChI is InChI=1S/C14H13N5O2/c15-13(18-20)7-1-3-11-9(5-7)10-6-8(14(16)19-21)2-4-12(10)17-11/h1-6,17,20-21H,(H2,15,18)(H2,16,19). The van der Waals surface area contributed by atoms with Crippen LogP contribution >= 0.6 is 0 Å². The SMILES string of the molecule is NC(=NO)c1ccc2[nH]c3ccc(C(N)=NO)cc3c2c1. The van der Waals surface area contributed by atoms with Crippen LogP contribution in [-0.4, -0.2) is 27.1 Å². The molecular weight excluding hydrogens is 270 g/mol. The highest BCUT2D eigenvalue weighted by atomic mass is 16.4. The van der Waals surface area contributed by atoms with Crippen molar-refractivity contribution in [2.75, 3.05) is 0 Å². The van der Waals surface area contributed by atoms with E-state index in [9.17, 15) is 0 Å². The van der Waals surface area contributed by atoms with Gasteiger partial charge in [0.15, 0.2) is 11.7 Å². The first-order valence-corrected chi connectivity index (χ1v) is 6.15. The van der Waals surface area contributed by atoms with Gasteiger partial charge in [-0.15, -0.1) is 0 Å². The van der Waals surface area contributed by atoms with Crippen molar-refractivity contribution in [1.29, 1.82) is 0 Å². The summed E-state index contributed by atoms with van der Waals surface area (Å²) in [6.07, 6.45) is 0. The summed E-state index contributed by atoms with van der Waals surface area (Å²) >= 11 is 0. The summed E-state index contributed by atoms with van der Waals surface area (Å²) in [5.41, 5.74) is 14.3. The number of hydrogen-bond acceptors (Lipinski definition) is 4. The molecule has 0 aliphatic rings. The van der Waals surface area contributed by atoms with Crippen LogP contribution in [0.3, 0.4) is 0 Å². The van der Waals surface area contributed by atoms with Gasteiger partial charge >= 0.3 is 0 Å². The summed E-state index contributed by atoms with van der Waals surface area (Å²) < 4.78 is 0. The summed E-state index contributed by atoms with van der Waals surface area (Å²) in [6, 6.07) is 10.9. The number of fused-ring (bicyclic) bond motifs is 3. The number of aromatic nitrogens is 1. The number of nitrogens with zero attached hydrogens (tertiary/aromatic N) is 2. The second-order valence-electron chi connectivity index (χ2n) is 4.62. The van der Waals surface area contributed by atoms with Crippen molar-refractivity contribution in [3.05, 3.63) is 47.5 Å². The van der Waals surface area contributed by atoms with Gasteiger partial charge in [0.05, 0.1) is 0 Å². The summed E-state index contributed by atoms with van der Waals surface area (Å²) in [5, 5.41) is 25.3. The quantitative estimate of drug-likeness (QED) is 0.211. The Morgan fingerprint density at radius 2 is 1.24 bits per heavy atom. The molecule has 3 aromatic rings. The fraction of sp³-hybridized carbons (Fsp3) is 0. The van der Waals surface area contributed by atoms with E-state index in [1.165, 1.54) is 0 Å². The summed E-state index contributed by atoms with van der Waals surface area (Å²) in [4.78, 5) is 3.26. The lowest BCUT2D eigenvalue weighted by molar-refractivity contribution is 0.318. The van der Waals surface area contributed by atoms with Gasteiger partial charge in [0.25, 0.3) is 0 Å². The second kappa shape index (κ2) is 4.71. The summed E-state index contributed by atoms with van der Waals surface area (Å²) in [5.74, 6) is 0.0812. The van der Waals surface area contributed by atoms with Gasteiger partial charge in [-0.05, 0) is 36.4 Å². The number of rotatable bonds is 2. The van der Waals surface area contributed by atoms with E-state index in [-0.39, 0.29) is 11.7 Å². The normalized spacial score (nSPS) is 13.1. The Kier molecular flexibility index (Phi) is 2.87. The molecule has 21 heavy (non-hydrogen) atoms. The van der Waals surface area contributed by atoms with E-state index in [1.54, 1.807) is 12.1 Å². The van der Waals surface area contributed by atoms with E-state index < -0.39 is 0 Å². The minimum absolute atomic E-state index is 0.0406. The topological polar surface area (TPSA) is 133 Å². The third-order valence-corrected chi connectivity index (χ3v) is 3.41. The minimum Gasteiger partial charge on any atom is -0.409 e. The molecule has 0 saturated carbocycles. The predicted molar refractivity (Wildman–Crippen MR) is 80.8 cm³/mol. The lowest BCUT2D eigenvalue weighted by Crippen LogP contribution is -2.12. The van der Waals surface area contributed by atoms with Crippen LogP contribution in [0.2, 0.25) is 0 Å². The zero-order valence-corrected chi connectivity index (χ0v) is 10.9. The highest BCUT2D eigenvalue weighted by molar-refractivity contribution is 6.12. The Labute approximate surface area is 119 Å². The smallest absolute Gasteiger partial charge is 0.170 e. The molecule has 1 heterocycles. The number of benzene rings is 2. The maximum atomic E-state index is 8.77. The molecule has 0 amide bonds. The highest BCUT2D eigenvalue weighted by Crippen LogP contribution is 2.27. The van der Waals surface area contributed by atoms with Crippen molar-refractivity contribution >= 4 is 33.5 Å². The molecule has 0 atom stereocenters. The third kappa shape index (κ3) is 2.00. The average Bonchev–Trinajstić information content (AvgIpc) is 2.90. The predicted octanol–water partition coefficient (Wildman–Crippen LogP) is 1.51. The number of hydrogen-bond donors (Lipinski definition) is 5. The van der Waals surface area contributed by atoms with Crippen molar-refractivity contribution in [3.8, 4) is 0 Å². The fourth-order valence-electron chi connectivity index (χ4n) is 2.33. The van der Waals surface area contributed by atoms with Gasteiger partial charge in [-0.3, -0.25) is 0 Å². The second-order valence-corrected chi connectivity index (χ2v) is 4.62. The molecule has 7 heteroatoms. The number of nitrogens with one attached hydrogen (secondary N) is 1. The fourth-order valence-corrected chi connectivity index (χ4v) is 2.33. The molecule has 0 aliphatic heterocycles. The lowest BCUT2D eigenvalue weighted by Gasteiger charge is -2.00. The van der Waals surface area contributed by atoms with Crippen LogP contribution in [-0.2, 0) is 0 Å². The molecule has 0 unspecified atom stereocenters. The molecule has 0 aliphatic carbocycles. The van der Waals surface area contributed by atoms with Gasteiger partial charge in [-0.1, -0.05) is 10.3 Å². The van der Waals surface area contributed by atoms with E-state index in [1.807, 2.05) is 24.3 Å². The molecule has 0 bridgehead atoms. The van der Waals surface area contributed by atoms with Gasteiger partial charge in [-0.2, -0.15) is 0 Å². The van der Waals surface area contributed by atoms with Gasteiger partial charge in [0.2, 0.25) is 0 Å². The zero-order chi connectivity index (χ0) is 15.0. The van der Waals surface area contributed by atoms with Crippen molar-refractivity contribution < 1.29 is 10.4 Å². The van der Waals surface area contributed by atoms with Crippen molar-refractivity contribution in [2.45, 2.75) is 0 Å². The molecule has 0 spiro atoms. The molecule has 106 valence electrons. The van der Waals surface area contributed by atoms with Crippen LogP contribution in [0.4, 0.5) is 0 Å². The molecule has 2 aromatic carbocycles. The van der Waals surface area contributed by atoms with E-state index in [4.69, 9.17) is 21.9 Å². The maximum Gasteiger partial charge on any atom is 0.170 e. The Hall–Kier alpha value is -3.22. The lowest BCUT2D eigenvalue weighted by atomic mass is 10.1. The first-order chi connectivity index (χ1) is 10.1. The number of aromatic amines is 1. The van der Waals surface area contributed by atoms with Crippen LogP contribution < -0.4 is 11.5 Å². The molecule has 7 nitrogen and oxygen atoms in total. The van der Waals surface area contributed by atoms with Gasteiger partial charge < -0.3 is 26.9 Å². The maximum absolute atomic E-state index is 8.77. The van der Waals surface area contributed by atoms with Crippen LogP contribution in [0.25, 0.3) is 21.8 Å². The first-order valence-electron chi connectivity index (χ1n) is 6.15. The van der Waals surface area contributed by atoms with Crippen molar-refractivity contribution in [1.82, 2.24) is 4.98 Å². The Balaban J connectivity index is 2.31. The number of oxime groups is 2. The molecule has 1 aromatic heterocycles. The third-order valence-electron chi connectivity index (χ3n) is 3.41.